The van der Waals surface area contributed by atoms with E-state index < -0.39 is 0 Å². The normalized spacial score (nSPS) is 12.9. The maximum absolute atomic E-state index is 5.28. The van der Waals surface area contributed by atoms with E-state index in [1.54, 1.807) is 16.9 Å². The van der Waals surface area contributed by atoms with Crippen LogP contribution in [0.2, 0.25) is 0 Å². The number of likely N-dealkylation sites (N-methyl/N-ethyl adjacent to an activating group) is 1. The van der Waals surface area contributed by atoms with Crippen LogP contribution in [-0.4, -0.2) is 37.8 Å². The van der Waals surface area contributed by atoms with E-state index in [4.69, 9.17) is 4.52 Å². The molecule has 0 aromatic carbocycles. The first-order valence-corrected chi connectivity index (χ1v) is 6.06. The number of nitrogens with one attached hydrogen (secondary N) is 1. The third-order valence-corrected chi connectivity index (χ3v) is 2.96. The molecule has 3 aromatic heterocycles. The quantitative estimate of drug-likeness (QED) is 0.749. The Bertz CT molecular complexity index is 688. The van der Waals surface area contributed by atoms with Crippen molar-refractivity contribution in [2.45, 2.75) is 19.4 Å². The maximum Gasteiger partial charge on any atom is 0.263 e. The Labute approximate surface area is 109 Å². The highest BCUT2D eigenvalue weighted by Gasteiger charge is 2.15. The van der Waals surface area contributed by atoms with Crippen LogP contribution in [0.15, 0.2) is 29.2 Å². The van der Waals surface area contributed by atoms with Gasteiger partial charge in [-0.1, -0.05) is 5.16 Å². The fourth-order valence-corrected chi connectivity index (χ4v) is 1.80. The summed E-state index contributed by atoms with van der Waals surface area (Å²) in [5, 5.41) is 11.3. The third kappa shape index (κ3) is 2.19. The van der Waals surface area contributed by atoms with Crippen LogP contribution in [0.25, 0.3) is 17.1 Å². The van der Waals surface area contributed by atoms with Gasteiger partial charge in [-0.25, -0.2) is 9.50 Å². The van der Waals surface area contributed by atoms with Gasteiger partial charge in [0.05, 0.1) is 6.20 Å². The average molecular weight is 258 g/mol. The lowest BCUT2D eigenvalue weighted by molar-refractivity contribution is 0.418. The predicted molar refractivity (Wildman–Crippen MR) is 68.5 cm³/mol. The summed E-state index contributed by atoms with van der Waals surface area (Å²) in [5.41, 5.74) is 1.45. The number of hydrogen-bond acceptors (Lipinski definition) is 6. The Balaban J connectivity index is 1.94. The average Bonchev–Trinajstić information content (AvgIpc) is 3.04. The van der Waals surface area contributed by atoms with Gasteiger partial charge in [0.2, 0.25) is 0 Å². The topological polar surface area (TPSA) is 81.1 Å². The zero-order valence-corrected chi connectivity index (χ0v) is 10.7. The summed E-state index contributed by atoms with van der Waals surface area (Å²) in [4.78, 5) is 8.64. The summed E-state index contributed by atoms with van der Waals surface area (Å²) in [6.45, 7) is 2.06. The molecule has 0 bridgehead atoms. The molecule has 7 nitrogen and oxygen atoms in total. The van der Waals surface area contributed by atoms with Crippen molar-refractivity contribution >= 4 is 5.65 Å². The fourth-order valence-electron chi connectivity index (χ4n) is 1.80. The zero-order chi connectivity index (χ0) is 13.2. The molecule has 0 aliphatic rings. The zero-order valence-electron chi connectivity index (χ0n) is 10.7. The summed E-state index contributed by atoms with van der Waals surface area (Å²) < 4.78 is 6.96. The van der Waals surface area contributed by atoms with Crippen LogP contribution in [0.3, 0.4) is 0 Å². The number of fused-ring (bicyclic) bond motifs is 1. The van der Waals surface area contributed by atoms with Crippen molar-refractivity contribution in [3.63, 3.8) is 0 Å². The van der Waals surface area contributed by atoms with Gasteiger partial charge in [-0.15, -0.1) is 0 Å². The fraction of sp³-hybridized carbons (Fsp3) is 0.333. The maximum atomic E-state index is 5.28. The Hall–Kier alpha value is -2.28. The van der Waals surface area contributed by atoms with Crippen molar-refractivity contribution in [1.29, 1.82) is 0 Å². The molecule has 1 atom stereocenters. The van der Waals surface area contributed by atoms with Crippen molar-refractivity contribution < 1.29 is 4.52 Å². The van der Waals surface area contributed by atoms with Gasteiger partial charge < -0.3 is 9.84 Å². The van der Waals surface area contributed by atoms with E-state index in [2.05, 4.69) is 32.5 Å². The first-order chi connectivity index (χ1) is 9.28. The van der Waals surface area contributed by atoms with E-state index >= 15 is 0 Å². The lowest BCUT2D eigenvalue weighted by atomic mass is 10.2. The number of aromatic nitrogens is 5. The Morgan fingerprint density at radius 1 is 1.47 bits per heavy atom. The van der Waals surface area contributed by atoms with E-state index in [0.29, 0.717) is 29.8 Å². The molecule has 3 rings (SSSR count). The molecule has 1 unspecified atom stereocenters. The summed E-state index contributed by atoms with van der Waals surface area (Å²) >= 11 is 0. The van der Waals surface area contributed by atoms with Crippen LogP contribution < -0.4 is 5.32 Å². The minimum absolute atomic E-state index is 0.299. The van der Waals surface area contributed by atoms with E-state index in [-0.39, 0.29) is 0 Å². The minimum atomic E-state index is 0.299. The van der Waals surface area contributed by atoms with E-state index in [9.17, 15) is 0 Å². The number of hydrogen-bond donors (Lipinski definition) is 1. The Morgan fingerprint density at radius 3 is 3.21 bits per heavy atom. The molecule has 3 aromatic rings. The molecule has 0 fully saturated rings. The van der Waals surface area contributed by atoms with Crippen LogP contribution in [0.1, 0.15) is 12.7 Å². The molecule has 0 aliphatic carbocycles. The molecule has 98 valence electrons. The van der Waals surface area contributed by atoms with Crippen molar-refractivity contribution in [1.82, 2.24) is 30.1 Å². The molecule has 1 N–H and O–H groups in total. The second-order valence-electron chi connectivity index (χ2n) is 4.36. The summed E-state index contributed by atoms with van der Waals surface area (Å²) in [7, 11) is 1.90. The van der Waals surface area contributed by atoms with Crippen LogP contribution >= 0.6 is 0 Å². The molecule has 3 heterocycles. The Morgan fingerprint density at radius 2 is 2.37 bits per heavy atom. The van der Waals surface area contributed by atoms with Crippen LogP contribution in [0.5, 0.6) is 0 Å². The van der Waals surface area contributed by atoms with Crippen LogP contribution in [0.4, 0.5) is 0 Å². The van der Waals surface area contributed by atoms with Gasteiger partial charge in [-0.2, -0.15) is 10.1 Å². The molecule has 0 amide bonds. The van der Waals surface area contributed by atoms with Gasteiger partial charge in [0.1, 0.15) is 5.56 Å². The smallest absolute Gasteiger partial charge is 0.263 e. The van der Waals surface area contributed by atoms with Gasteiger partial charge in [0.25, 0.3) is 5.89 Å². The largest absolute Gasteiger partial charge is 0.334 e. The third-order valence-electron chi connectivity index (χ3n) is 2.96. The summed E-state index contributed by atoms with van der Waals surface area (Å²) in [5.74, 6) is 1.12. The molecule has 0 aliphatic heterocycles. The lowest BCUT2D eigenvalue weighted by Gasteiger charge is -2.04. The minimum Gasteiger partial charge on any atom is -0.334 e. The monoisotopic (exact) mass is 258 g/mol. The van der Waals surface area contributed by atoms with Gasteiger partial charge in [0, 0.05) is 24.9 Å². The van der Waals surface area contributed by atoms with E-state index in [1.807, 2.05) is 19.3 Å². The molecular formula is C12H14N6O. The Kier molecular flexibility index (Phi) is 2.96. The van der Waals surface area contributed by atoms with E-state index in [1.165, 1.54) is 0 Å². The van der Waals surface area contributed by atoms with Gasteiger partial charge in [-0.3, -0.25) is 0 Å². The van der Waals surface area contributed by atoms with Crippen molar-refractivity contribution in [2.75, 3.05) is 7.05 Å². The molecule has 0 saturated carbocycles. The second-order valence-corrected chi connectivity index (χ2v) is 4.36. The first-order valence-electron chi connectivity index (χ1n) is 6.06. The predicted octanol–water partition coefficient (Wildman–Crippen LogP) is 0.930. The number of nitrogens with zero attached hydrogens (tertiary/aromatic N) is 5. The molecule has 0 spiro atoms. The second kappa shape index (κ2) is 4.77. The molecule has 7 heteroatoms. The standard InChI is InChI=1S/C12H14N6O/c1-8(13-2)6-10-16-12(19-17-10)9-7-15-18-5-3-4-14-11(9)18/h3-5,7-8,13H,6H2,1-2H3. The highest BCUT2D eigenvalue weighted by molar-refractivity contribution is 5.70. The van der Waals surface area contributed by atoms with Crippen molar-refractivity contribution in [3.05, 3.63) is 30.5 Å². The van der Waals surface area contributed by atoms with Crippen molar-refractivity contribution in [2.24, 2.45) is 0 Å². The summed E-state index contributed by atoms with van der Waals surface area (Å²) in [6, 6.07) is 2.12. The summed E-state index contributed by atoms with van der Waals surface area (Å²) in [6.07, 6.45) is 5.93. The van der Waals surface area contributed by atoms with Gasteiger partial charge in [0.15, 0.2) is 11.5 Å². The first kappa shape index (κ1) is 11.8. The highest BCUT2D eigenvalue weighted by Crippen LogP contribution is 2.21. The molecule has 0 saturated heterocycles. The van der Waals surface area contributed by atoms with Gasteiger partial charge in [-0.05, 0) is 20.0 Å². The lowest BCUT2D eigenvalue weighted by Crippen LogP contribution is -2.24. The molecular weight excluding hydrogens is 244 g/mol. The molecule has 0 radical (unpaired) electrons. The SMILES string of the molecule is CNC(C)Cc1noc(-c2cnn3cccnc23)n1. The number of rotatable bonds is 4. The van der Waals surface area contributed by atoms with Crippen molar-refractivity contribution in [3.8, 4) is 11.5 Å². The van der Waals surface area contributed by atoms with Crippen LogP contribution in [0, 0.1) is 0 Å². The van der Waals surface area contributed by atoms with E-state index in [0.717, 1.165) is 5.56 Å². The van der Waals surface area contributed by atoms with Gasteiger partial charge >= 0.3 is 0 Å². The van der Waals surface area contributed by atoms with Crippen LogP contribution in [-0.2, 0) is 6.42 Å². The highest BCUT2D eigenvalue weighted by atomic mass is 16.5. The molecule has 19 heavy (non-hydrogen) atoms.